The second-order valence-corrected chi connectivity index (χ2v) is 15.0. The van der Waals surface area contributed by atoms with Crippen molar-refractivity contribution < 1.29 is 57.5 Å². The predicted octanol–water partition coefficient (Wildman–Crippen LogP) is 0.941. The first-order valence-corrected chi connectivity index (χ1v) is 16.5. The molecule has 4 fully saturated rings. The maximum Gasteiger partial charge on any atom is 1.00 e. The Balaban J connectivity index is 0.00000400. The second-order valence-electron chi connectivity index (χ2n) is 13.5. The van der Waals surface area contributed by atoms with Crippen molar-refractivity contribution in [3.8, 4) is 0 Å². The van der Waals surface area contributed by atoms with Gasteiger partial charge in [-0.2, -0.15) is 0 Å². The van der Waals surface area contributed by atoms with E-state index in [1.54, 1.807) is 0 Å². The molecular weight excluding hydrogens is 513 g/mol. The molecule has 1 amide bonds. The van der Waals surface area contributed by atoms with Crippen LogP contribution in [0.1, 0.15) is 91.9 Å². The van der Waals surface area contributed by atoms with Gasteiger partial charge in [-0.1, -0.05) is 34.1 Å². The van der Waals surface area contributed by atoms with Crippen LogP contribution in [0.5, 0.6) is 0 Å². The molecule has 0 aromatic carbocycles. The van der Waals surface area contributed by atoms with E-state index in [0.717, 1.165) is 38.5 Å². The van der Waals surface area contributed by atoms with E-state index in [4.69, 9.17) is 0 Å². The fraction of sp³-hybridized carbons (Fsp3) is 0.966. The average molecular weight is 564 g/mol. The van der Waals surface area contributed by atoms with Gasteiger partial charge in [-0.05, 0) is 110 Å². The van der Waals surface area contributed by atoms with Crippen LogP contribution in [0.25, 0.3) is 0 Å². The Hall–Kier alpha value is 0.300. The zero-order chi connectivity index (χ0) is 27.1. The number of carbonyl (C=O) groups is 1. The molecule has 0 aromatic rings. The summed E-state index contributed by atoms with van der Waals surface area (Å²) in [7, 11) is -4.31. The number of amides is 1. The van der Waals surface area contributed by atoms with E-state index in [2.05, 4.69) is 33.0 Å². The van der Waals surface area contributed by atoms with Crippen molar-refractivity contribution in [1.82, 2.24) is 5.32 Å². The third-order valence-corrected chi connectivity index (χ3v) is 12.3. The Bertz CT molecular complexity index is 917. The summed E-state index contributed by atoms with van der Waals surface area (Å²) in [4.78, 5) is 12.1. The first-order chi connectivity index (χ1) is 17.4. The number of carbonyl (C=O) groups excluding carboxylic acids is 1. The van der Waals surface area contributed by atoms with Gasteiger partial charge in [0.15, 0.2) is 0 Å². The summed E-state index contributed by atoms with van der Waals surface area (Å²) in [6, 6.07) is 0. The van der Waals surface area contributed by atoms with Gasteiger partial charge in [0, 0.05) is 13.0 Å². The number of nitrogens with one attached hydrogen (secondary N) is 1. The molecule has 0 unspecified atom stereocenters. The minimum absolute atomic E-state index is 0. The third-order valence-electron chi connectivity index (χ3n) is 11.6. The first kappa shape index (κ1) is 32.8. The Morgan fingerprint density at radius 3 is 2.50 bits per heavy atom. The predicted molar refractivity (Wildman–Crippen MR) is 142 cm³/mol. The van der Waals surface area contributed by atoms with E-state index in [1.165, 1.54) is 19.3 Å². The molecule has 4 rings (SSSR count). The van der Waals surface area contributed by atoms with Crippen LogP contribution in [0.15, 0.2) is 0 Å². The summed E-state index contributed by atoms with van der Waals surface area (Å²) >= 11 is 0. The van der Waals surface area contributed by atoms with E-state index < -0.39 is 15.9 Å². The van der Waals surface area contributed by atoms with Crippen molar-refractivity contribution in [2.24, 2.45) is 58.7 Å². The van der Waals surface area contributed by atoms with Crippen molar-refractivity contribution in [2.45, 2.75) is 104 Å². The number of aliphatic hydroxyl groups excluding tert-OH is 2. The molecule has 4 aliphatic carbocycles. The molecule has 0 radical (unpaired) electrons. The van der Waals surface area contributed by atoms with Gasteiger partial charge in [0.1, 0.15) is 0 Å². The van der Waals surface area contributed by atoms with E-state index in [1.807, 2.05) is 0 Å². The normalized spacial score (nSPS) is 43.2. The number of rotatable bonds is 9. The zero-order valence-electron chi connectivity index (χ0n) is 24.3. The topological polar surface area (TPSA) is 127 Å². The van der Waals surface area contributed by atoms with Gasteiger partial charge >= 0.3 is 29.6 Å². The van der Waals surface area contributed by atoms with Gasteiger partial charge < -0.3 is 20.1 Å². The standard InChI is InChI=1S/C29H51NO6S.Na/c1-5-20-23-16-19(31)11-12-29(23,4)24-15-18(3)26-21(9-10-22(26)27(24)28(20)33)17(2)7-6-8-25(32)30-13-14-37(34,35)36;/h17-24,26-28,31,33H,5-16H2,1-4H3,(H,30,32)(H,34,35,36);/q;+1/p-1/t17-,18-,19-,20-,21-,22-,23+,24+,26-,27+,28-,29+;/m1./s1. The van der Waals surface area contributed by atoms with Crippen molar-refractivity contribution in [2.75, 3.05) is 12.3 Å². The fourth-order valence-electron chi connectivity index (χ4n) is 9.98. The van der Waals surface area contributed by atoms with Gasteiger partial charge in [-0.15, -0.1) is 0 Å². The Morgan fingerprint density at radius 2 is 1.84 bits per heavy atom. The summed E-state index contributed by atoms with van der Waals surface area (Å²) < 4.78 is 32.1. The van der Waals surface area contributed by atoms with Crippen LogP contribution in [0, 0.1) is 58.7 Å². The number of fused-ring (bicyclic) bond motifs is 5. The Kier molecular flexibility index (Phi) is 11.3. The van der Waals surface area contributed by atoms with Crippen LogP contribution in [-0.2, 0) is 14.9 Å². The summed E-state index contributed by atoms with van der Waals surface area (Å²) in [6.07, 6.45) is 8.94. The van der Waals surface area contributed by atoms with Gasteiger partial charge in [-0.3, -0.25) is 4.79 Å². The minimum Gasteiger partial charge on any atom is -0.748 e. The Labute approximate surface area is 252 Å². The SMILES string of the molecule is CC[C@H]1[C@@H](O)[C@H]2[C@@H]3CC[C@H]([C@H](C)CCCC(=O)NCCS(=O)(=O)[O-])[C@H]3[C@H](C)C[C@@H]2[C@@]2(C)CC[C@@H](O)C[C@@H]12.[Na+]. The van der Waals surface area contributed by atoms with Gasteiger partial charge in [0.2, 0.25) is 5.91 Å². The van der Waals surface area contributed by atoms with Crippen LogP contribution in [0.2, 0.25) is 0 Å². The molecule has 4 saturated carbocycles. The molecule has 3 N–H and O–H groups in total. The van der Waals surface area contributed by atoms with Crippen molar-refractivity contribution in [3.63, 3.8) is 0 Å². The number of hydrogen-bond donors (Lipinski definition) is 3. The van der Waals surface area contributed by atoms with Crippen LogP contribution < -0.4 is 34.9 Å². The number of hydrogen-bond acceptors (Lipinski definition) is 6. The number of aliphatic hydroxyl groups is 2. The summed E-state index contributed by atoms with van der Waals surface area (Å²) in [5.74, 6) is 3.75. The molecular formula is C29H50NNaO6S. The molecule has 12 atom stereocenters. The molecule has 0 heterocycles. The largest absolute Gasteiger partial charge is 1.00 e. The molecule has 38 heavy (non-hydrogen) atoms. The molecule has 0 aliphatic heterocycles. The second kappa shape index (κ2) is 13.1. The maximum atomic E-state index is 12.1. The van der Waals surface area contributed by atoms with Gasteiger partial charge in [-0.25, -0.2) is 8.42 Å². The summed E-state index contributed by atoms with van der Waals surface area (Å²) in [5, 5.41) is 24.8. The molecule has 214 valence electrons. The molecule has 4 aliphatic rings. The average Bonchev–Trinajstić information content (AvgIpc) is 3.26. The van der Waals surface area contributed by atoms with E-state index in [0.29, 0.717) is 53.8 Å². The first-order valence-electron chi connectivity index (χ1n) is 14.9. The Morgan fingerprint density at radius 1 is 1.13 bits per heavy atom. The summed E-state index contributed by atoms with van der Waals surface area (Å²) in [6.45, 7) is 9.33. The molecule has 0 saturated heterocycles. The monoisotopic (exact) mass is 563 g/mol. The molecule has 0 spiro atoms. The van der Waals surface area contributed by atoms with Crippen LogP contribution in [0.4, 0.5) is 0 Å². The third kappa shape index (κ3) is 6.68. The molecule has 9 heteroatoms. The van der Waals surface area contributed by atoms with E-state index >= 15 is 0 Å². The van der Waals surface area contributed by atoms with Gasteiger partial charge in [0.25, 0.3) is 0 Å². The maximum absolute atomic E-state index is 12.1. The quantitative estimate of drug-likeness (QED) is 0.283. The smallest absolute Gasteiger partial charge is 0.748 e. The molecule has 7 nitrogen and oxygen atoms in total. The van der Waals surface area contributed by atoms with Crippen LogP contribution in [0.3, 0.4) is 0 Å². The molecule has 0 bridgehead atoms. The van der Waals surface area contributed by atoms with Crippen molar-refractivity contribution in [1.29, 1.82) is 0 Å². The minimum atomic E-state index is -4.31. The summed E-state index contributed by atoms with van der Waals surface area (Å²) in [5.41, 5.74) is 0.214. The van der Waals surface area contributed by atoms with E-state index in [9.17, 15) is 28.0 Å². The van der Waals surface area contributed by atoms with Crippen molar-refractivity contribution in [3.05, 3.63) is 0 Å². The van der Waals surface area contributed by atoms with E-state index in [-0.39, 0.29) is 65.6 Å². The van der Waals surface area contributed by atoms with Crippen LogP contribution >= 0.6 is 0 Å². The zero-order valence-corrected chi connectivity index (χ0v) is 27.1. The fourth-order valence-corrected chi connectivity index (χ4v) is 10.3. The molecule has 0 aromatic heterocycles. The van der Waals surface area contributed by atoms with Gasteiger partial charge in [0.05, 0.1) is 28.1 Å². The van der Waals surface area contributed by atoms with Crippen LogP contribution in [-0.4, -0.2) is 53.6 Å². The van der Waals surface area contributed by atoms with Crippen molar-refractivity contribution >= 4 is 16.0 Å².